The van der Waals surface area contributed by atoms with Crippen LogP contribution >= 0.6 is 11.6 Å². The molecule has 138 valence electrons. The van der Waals surface area contributed by atoms with Gasteiger partial charge in [-0.05, 0) is 42.7 Å². The van der Waals surface area contributed by atoms with Crippen molar-refractivity contribution in [2.24, 2.45) is 0 Å². The van der Waals surface area contributed by atoms with Gasteiger partial charge in [0.1, 0.15) is 0 Å². The van der Waals surface area contributed by atoms with Crippen LogP contribution in [0.15, 0.2) is 60.7 Å². The number of hydrogen-bond donors (Lipinski definition) is 2. The molecule has 3 aromatic rings. The summed E-state index contributed by atoms with van der Waals surface area (Å²) in [5.74, 6) is 0.910. The molecular formula is C21H21ClN4O. The molecule has 2 heterocycles. The van der Waals surface area contributed by atoms with Crippen molar-refractivity contribution in [3.05, 3.63) is 71.2 Å². The van der Waals surface area contributed by atoms with Gasteiger partial charge >= 0.3 is 0 Å². The average molecular weight is 381 g/mol. The van der Waals surface area contributed by atoms with Crippen LogP contribution in [-0.2, 0) is 0 Å². The molecule has 0 spiro atoms. The number of nitrogens with one attached hydrogen (secondary N) is 2. The Bertz CT molecular complexity index is 899. The predicted molar refractivity (Wildman–Crippen MR) is 108 cm³/mol. The normalized spacial score (nSPS) is 14.9. The Morgan fingerprint density at radius 2 is 1.78 bits per heavy atom. The third kappa shape index (κ3) is 4.14. The van der Waals surface area contributed by atoms with Crippen molar-refractivity contribution in [2.45, 2.75) is 18.9 Å². The number of aromatic amines is 1. The zero-order valence-electron chi connectivity index (χ0n) is 14.9. The van der Waals surface area contributed by atoms with Crippen LogP contribution in [0.2, 0.25) is 5.02 Å². The molecule has 0 bridgehead atoms. The lowest BCUT2D eigenvalue weighted by atomic mass is 10.0. The zero-order chi connectivity index (χ0) is 18.6. The van der Waals surface area contributed by atoms with E-state index in [4.69, 9.17) is 11.6 Å². The average Bonchev–Trinajstić information content (AvgIpc) is 3.20. The fourth-order valence-electron chi connectivity index (χ4n) is 3.36. The summed E-state index contributed by atoms with van der Waals surface area (Å²) >= 11 is 5.88. The lowest BCUT2D eigenvalue weighted by Crippen LogP contribution is -2.44. The Morgan fingerprint density at radius 3 is 2.48 bits per heavy atom. The molecule has 0 aliphatic carbocycles. The third-order valence-electron chi connectivity index (χ3n) is 4.91. The fraction of sp³-hybridized carbons (Fsp3) is 0.238. The number of aromatic nitrogens is 2. The highest BCUT2D eigenvalue weighted by molar-refractivity contribution is 6.30. The van der Waals surface area contributed by atoms with Gasteiger partial charge in [-0.15, -0.1) is 0 Å². The number of anilines is 1. The Kier molecular flexibility index (Phi) is 5.12. The van der Waals surface area contributed by atoms with E-state index < -0.39 is 0 Å². The highest BCUT2D eigenvalue weighted by Gasteiger charge is 2.22. The Balaban J connectivity index is 1.33. The molecule has 1 aliphatic rings. The van der Waals surface area contributed by atoms with E-state index in [2.05, 4.69) is 38.6 Å². The van der Waals surface area contributed by atoms with Crippen molar-refractivity contribution < 1.29 is 4.79 Å². The van der Waals surface area contributed by atoms with Crippen molar-refractivity contribution in [1.82, 2.24) is 15.5 Å². The monoisotopic (exact) mass is 380 g/mol. The number of amides is 1. The summed E-state index contributed by atoms with van der Waals surface area (Å²) in [7, 11) is 0. The van der Waals surface area contributed by atoms with Gasteiger partial charge < -0.3 is 10.2 Å². The van der Waals surface area contributed by atoms with Gasteiger partial charge in [0.2, 0.25) is 0 Å². The predicted octanol–water partition coefficient (Wildman–Crippen LogP) is 4.13. The molecule has 2 N–H and O–H groups in total. The van der Waals surface area contributed by atoms with Gasteiger partial charge in [0.05, 0.1) is 5.69 Å². The number of piperidine rings is 1. The van der Waals surface area contributed by atoms with Crippen molar-refractivity contribution in [2.75, 3.05) is 18.0 Å². The smallest absolute Gasteiger partial charge is 0.251 e. The summed E-state index contributed by atoms with van der Waals surface area (Å²) in [5, 5.41) is 11.3. The Morgan fingerprint density at radius 1 is 1.07 bits per heavy atom. The van der Waals surface area contributed by atoms with Gasteiger partial charge in [-0.25, -0.2) is 0 Å². The summed E-state index contributed by atoms with van der Waals surface area (Å²) in [6.45, 7) is 1.73. The molecule has 27 heavy (non-hydrogen) atoms. The maximum atomic E-state index is 12.4. The molecule has 0 radical (unpaired) electrons. The number of rotatable bonds is 4. The van der Waals surface area contributed by atoms with E-state index in [1.165, 1.54) is 0 Å². The molecule has 0 unspecified atom stereocenters. The van der Waals surface area contributed by atoms with Crippen molar-refractivity contribution in [3.8, 4) is 11.3 Å². The van der Waals surface area contributed by atoms with Gasteiger partial charge in [0.15, 0.2) is 5.82 Å². The van der Waals surface area contributed by atoms with Gasteiger partial charge in [-0.3, -0.25) is 9.89 Å². The topological polar surface area (TPSA) is 61.0 Å². The first kappa shape index (κ1) is 17.6. The van der Waals surface area contributed by atoms with Crippen LogP contribution in [0.5, 0.6) is 0 Å². The van der Waals surface area contributed by atoms with E-state index in [1.807, 2.05) is 18.2 Å². The van der Waals surface area contributed by atoms with Gasteiger partial charge in [0.25, 0.3) is 5.91 Å². The van der Waals surface area contributed by atoms with E-state index in [0.29, 0.717) is 10.6 Å². The van der Waals surface area contributed by atoms with Crippen LogP contribution < -0.4 is 10.2 Å². The van der Waals surface area contributed by atoms with Crippen molar-refractivity contribution >= 4 is 23.3 Å². The van der Waals surface area contributed by atoms with Gasteiger partial charge in [0, 0.05) is 35.8 Å². The molecule has 1 aromatic heterocycles. The minimum absolute atomic E-state index is 0.0451. The minimum Gasteiger partial charge on any atom is -0.355 e. The molecule has 0 saturated carbocycles. The fourth-order valence-corrected chi connectivity index (χ4v) is 3.49. The molecule has 1 fully saturated rings. The lowest BCUT2D eigenvalue weighted by Gasteiger charge is -2.32. The highest BCUT2D eigenvalue weighted by Crippen LogP contribution is 2.24. The molecule has 0 atom stereocenters. The quantitative estimate of drug-likeness (QED) is 0.715. The highest BCUT2D eigenvalue weighted by atomic mass is 35.5. The number of benzene rings is 2. The molecular weight excluding hydrogens is 360 g/mol. The Labute approximate surface area is 163 Å². The van der Waals surface area contributed by atoms with E-state index in [1.54, 1.807) is 24.3 Å². The van der Waals surface area contributed by atoms with E-state index in [9.17, 15) is 4.79 Å². The standard InChI is InChI=1S/C21H21ClN4O/c22-17-8-6-16(7-9-17)21(27)23-18-10-12-26(13-11-18)20-14-19(24-25-20)15-4-2-1-3-5-15/h1-9,14,18H,10-13H2,(H,23,27)(H,24,25). The van der Waals surface area contributed by atoms with E-state index in [0.717, 1.165) is 43.0 Å². The largest absolute Gasteiger partial charge is 0.355 e. The molecule has 4 rings (SSSR count). The second-order valence-corrected chi connectivity index (χ2v) is 7.18. The second kappa shape index (κ2) is 7.84. The number of carbonyl (C=O) groups excluding carboxylic acids is 1. The van der Waals surface area contributed by atoms with Crippen LogP contribution in [-0.4, -0.2) is 35.2 Å². The number of carbonyl (C=O) groups is 1. The van der Waals surface area contributed by atoms with Crippen LogP contribution in [0.3, 0.4) is 0 Å². The number of H-pyrrole nitrogens is 1. The summed E-state index contributed by atoms with van der Waals surface area (Å²) < 4.78 is 0. The zero-order valence-corrected chi connectivity index (χ0v) is 15.6. The molecule has 1 saturated heterocycles. The first-order chi connectivity index (χ1) is 13.2. The van der Waals surface area contributed by atoms with Crippen LogP contribution in [0.1, 0.15) is 23.2 Å². The molecule has 2 aromatic carbocycles. The lowest BCUT2D eigenvalue weighted by molar-refractivity contribution is 0.0931. The number of halogens is 1. The Hall–Kier alpha value is -2.79. The van der Waals surface area contributed by atoms with Crippen LogP contribution in [0.4, 0.5) is 5.82 Å². The first-order valence-corrected chi connectivity index (χ1v) is 9.49. The second-order valence-electron chi connectivity index (χ2n) is 6.75. The molecule has 1 aliphatic heterocycles. The molecule has 6 heteroatoms. The van der Waals surface area contributed by atoms with Crippen LogP contribution in [0, 0.1) is 0 Å². The van der Waals surface area contributed by atoms with Crippen molar-refractivity contribution in [3.63, 3.8) is 0 Å². The van der Waals surface area contributed by atoms with E-state index >= 15 is 0 Å². The van der Waals surface area contributed by atoms with Gasteiger partial charge in [-0.2, -0.15) is 5.10 Å². The molecule has 5 nitrogen and oxygen atoms in total. The summed E-state index contributed by atoms with van der Waals surface area (Å²) in [6, 6.07) is 19.4. The first-order valence-electron chi connectivity index (χ1n) is 9.11. The summed E-state index contributed by atoms with van der Waals surface area (Å²) in [5.41, 5.74) is 2.78. The third-order valence-corrected chi connectivity index (χ3v) is 5.16. The van der Waals surface area contributed by atoms with E-state index in [-0.39, 0.29) is 11.9 Å². The van der Waals surface area contributed by atoms with Crippen molar-refractivity contribution in [1.29, 1.82) is 0 Å². The van der Waals surface area contributed by atoms with Gasteiger partial charge in [-0.1, -0.05) is 41.9 Å². The summed E-state index contributed by atoms with van der Waals surface area (Å²) in [4.78, 5) is 14.6. The van der Waals surface area contributed by atoms with Crippen LogP contribution in [0.25, 0.3) is 11.3 Å². The maximum absolute atomic E-state index is 12.4. The number of hydrogen-bond acceptors (Lipinski definition) is 3. The number of nitrogens with zero attached hydrogens (tertiary/aromatic N) is 2. The molecule has 1 amide bonds. The maximum Gasteiger partial charge on any atom is 0.251 e. The summed E-state index contributed by atoms with van der Waals surface area (Å²) in [6.07, 6.45) is 1.79. The minimum atomic E-state index is -0.0451. The SMILES string of the molecule is O=C(NC1CCN(c2cc(-c3ccccc3)[nH]n2)CC1)c1ccc(Cl)cc1.